The van der Waals surface area contributed by atoms with Crippen LogP contribution in [0.1, 0.15) is 44.7 Å². The van der Waals surface area contributed by atoms with Gasteiger partial charge in [-0.25, -0.2) is 4.99 Å². The lowest BCUT2D eigenvalue weighted by molar-refractivity contribution is -0.0817. The highest BCUT2D eigenvalue weighted by atomic mass is 16.5. The SMILES string of the molecule is CCNC(=NCc1ccccc1CN(C)C(C)C)N1CCOC(C2CCCO2)C1. The van der Waals surface area contributed by atoms with E-state index in [9.17, 15) is 0 Å². The number of guanidine groups is 1. The predicted molar refractivity (Wildman–Crippen MR) is 118 cm³/mol. The summed E-state index contributed by atoms with van der Waals surface area (Å²) >= 11 is 0. The minimum absolute atomic E-state index is 0.141. The monoisotopic (exact) mass is 402 g/mol. The van der Waals surface area contributed by atoms with Gasteiger partial charge in [-0.1, -0.05) is 24.3 Å². The van der Waals surface area contributed by atoms with Crippen molar-refractivity contribution in [2.45, 2.75) is 65.0 Å². The van der Waals surface area contributed by atoms with Crippen molar-refractivity contribution >= 4 is 5.96 Å². The van der Waals surface area contributed by atoms with E-state index < -0.39 is 0 Å². The van der Waals surface area contributed by atoms with E-state index >= 15 is 0 Å². The summed E-state index contributed by atoms with van der Waals surface area (Å²) < 4.78 is 11.9. The zero-order valence-electron chi connectivity index (χ0n) is 18.6. The fourth-order valence-corrected chi connectivity index (χ4v) is 3.89. The summed E-state index contributed by atoms with van der Waals surface area (Å²) in [5.41, 5.74) is 2.64. The van der Waals surface area contributed by atoms with E-state index in [0.29, 0.717) is 12.6 Å². The van der Waals surface area contributed by atoms with Gasteiger partial charge in [0, 0.05) is 38.8 Å². The normalized spacial score (nSPS) is 23.2. The van der Waals surface area contributed by atoms with Crippen molar-refractivity contribution in [3.05, 3.63) is 35.4 Å². The molecule has 29 heavy (non-hydrogen) atoms. The third kappa shape index (κ3) is 6.17. The van der Waals surface area contributed by atoms with Crippen molar-refractivity contribution in [1.82, 2.24) is 15.1 Å². The maximum Gasteiger partial charge on any atom is 0.194 e. The molecule has 6 nitrogen and oxygen atoms in total. The van der Waals surface area contributed by atoms with Crippen LogP contribution in [0.4, 0.5) is 0 Å². The molecule has 6 heteroatoms. The third-order valence-corrected chi connectivity index (χ3v) is 5.93. The molecule has 1 aromatic carbocycles. The summed E-state index contributed by atoms with van der Waals surface area (Å²) in [5, 5.41) is 3.48. The van der Waals surface area contributed by atoms with Crippen LogP contribution < -0.4 is 5.32 Å². The lowest BCUT2D eigenvalue weighted by Gasteiger charge is -2.37. The molecule has 0 aromatic heterocycles. The highest BCUT2D eigenvalue weighted by Gasteiger charge is 2.32. The van der Waals surface area contributed by atoms with Gasteiger partial charge in [0.25, 0.3) is 0 Å². The minimum atomic E-state index is 0.141. The molecule has 0 amide bonds. The van der Waals surface area contributed by atoms with Crippen LogP contribution in [0.5, 0.6) is 0 Å². The number of ether oxygens (including phenoxy) is 2. The first-order chi connectivity index (χ1) is 14.1. The Morgan fingerprint density at radius 3 is 2.66 bits per heavy atom. The lowest BCUT2D eigenvalue weighted by atomic mass is 10.1. The molecule has 2 fully saturated rings. The second-order valence-electron chi connectivity index (χ2n) is 8.35. The maximum absolute atomic E-state index is 6.01. The van der Waals surface area contributed by atoms with Crippen LogP contribution in [0, 0.1) is 0 Å². The molecule has 0 bridgehead atoms. The number of nitrogens with one attached hydrogen (secondary N) is 1. The van der Waals surface area contributed by atoms with Crippen molar-refractivity contribution in [1.29, 1.82) is 0 Å². The Labute approximate surface area is 176 Å². The number of hydrogen-bond donors (Lipinski definition) is 1. The van der Waals surface area contributed by atoms with Crippen LogP contribution in [-0.4, -0.2) is 73.9 Å². The molecule has 0 radical (unpaired) electrons. The molecule has 2 unspecified atom stereocenters. The van der Waals surface area contributed by atoms with E-state index in [4.69, 9.17) is 14.5 Å². The highest BCUT2D eigenvalue weighted by molar-refractivity contribution is 5.80. The number of benzene rings is 1. The molecule has 2 aliphatic heterocycles. The molecule has 2 aliphatic rings. The first-order valence-electron chi connectivity index (χ1n) is 11.1. The van der Waals surface area contributed by atoms with Gasteiger partial charge in [0.15, 0.2) is 5.96 Å². The number of morpholine rings is 1. The predicted octanol–water partition coefficient (Wildman–Crippen LogP) is 2.87. The van der Waals surface area contributed by atoms with E-state index in [1.165, 1.54) is 11.1 Å². The number of hydrogen-bond acceptors (Lipinski definition) is 4. The molecule has 0 aliphatic carbocycles. The Balaban J connectivity index is 1.69. The van der Waals surface area contributed by atoms with Crippen LogP contribution >= 0.6 is 0 Å². The summed E-state index contributed by atoms with van der Waals surface area (Å²) in [6.07, 6.45) is 2.61. The standard InChI is InChI=1S/C23H38N4O2/c1-5-24-23(27-12-14-29-22(17-27)21-11-8-13-28-21)25-15-19-9-6-7-10-20(19)16-26(4)18(2)3/h6-7,9-10,18,21-22H,5,8,11-17H2,1-4H3,(H,24,25). The van der Waals surface area contributed by atoms with Crippen molar-refractivity contribution < 1.29 is 9.47 Å². The summed E-state index contributed by atoms with van der Waals surface area (Å²) in [7, 11) is 2.17. The second kappa shape index (κ2) is 11.0. The molecule has 162 valence electrons. The smallest absolute Gasteiger partial charge is 0.194 e. The van der Waals surface area contributed by atoms with Gasteiger partial charge in [-0.05, 0) is 51.8 Å². The van der Waals surface area contributed by atoms with Gasteiger partial charge < -0.3 is 19.7 Å². The summed E-state index contributed by atoms with van der Waals surface area (Å²) in [4.78, 5) is 9.70. The van der Waals surface area contributed by atoms with Gasteiger partial charge in [0.05, 0.1) is 19.3 Å². The van der Waals surface area contributed by atoms with Crippen molar-refractivity contribution in [3.8, 4) is 0 Å². The zero-order valence-corrected chi connectivity index (χ0v) is 18.6. The van der Waals surface area contributed by atoms with E-state index in [1.807, 2.05) is 0 Å². The first-order valence-corrected chi connectivity index (χ1v) is 11.1. The van der Waals surface area contributed by atoms with Crippen LogP contribution in [-0.2, 0) is 22.6 Å². The van der Waals surface area contributed by atoms with Gasteiger partial charge >= 0.3 is 0 Å². The van der Waals surface area contributed by atoms with Gasteiger partial charge in [-0.3, -0.25) is 4.90 Å². The molecule has 1 aromatic rings. The van der Waals surface area contributed by atoms with Gasteiger partial charge in [-0.2, -0.15) is 0 Å². The van der Waals surface area contributed by atoms with Crippen molar-refractivity contribution in [3.63, 3.8) is 0 Å². The van der Waals surface area contributed by atoms with Crippen LogP contribution in [0.2, 0.25) is 0 Å². The Kier molecular flexibility index (Phi) is 8.33. The Morgan fingerprint density at radius 2 is 1.97 bits per heavy atom. The summed E-state index contributed by atoms with van der Waals surface area (Å²) in [5.74, 6) is 0.978. The Bertz CT molecular complexity index is 658. The molecule has 0 spiro atoms. The summed E-state index contributed by atoms with van der Waals surface area (Å²) in [6.45, 7) is 12.4. The van der Waals surface area contributed by atoms with E-state index in [2.05, 4.69) is 67.2 Å². The average Bonchev–Trinajstić information content (AvgIpc) is 3.27. The highest BCUT2D eigenvalue weighted by Crippen LogP contribution is 2.21. The Hall–Kier alpha value is -1.63. The molecule has 2 atom stereocenters. The number of rotatable bonds is 7. The van der Waals surface area contributed by atoms with Gasteiger partial charge in [-0.15, -0.1) is 0 Å². The Morgan fingerprint density at radius 1 is 1.21 bits per heavy atom. The average molecular weight is 403 g/mol. The molecular formula is C23H38N4O2. The topological polar surface area (TPSA) is 49.3 Å². The molecule has 0 saturated carbocycles. The molecule has 1 N–H and O–H groups in total. The van der Waals surface area contributed by atoms with Gasteiger partial charge in [0.2, 0.25) is 0 Å². The third-order valence-electron chi connectivity index (χ3n) is 5.93. The lowest BCUT2D eigenvalue weighted by Crippen LogP contribution is -2.53. The van der Waals surface area contributed by atoms with Gasteiger partial charge in [0.1, 0.15) is 6.10 Å². The fraction of sp³-hybridized carbons (Fsp3) is 0.696. The largest absolute Gasteiger partial charge is 0.375 e. The molecule has 2 saturated heterocycles. The van der Waals surface area contributed by atoms with Crippen molar-refractivity contribution in [2.24, 2.45) is 4.99 Å². The quantitative estimate of drug-likeness (QED) is 0.561. The van der Waals surface area contributed by atoms with E-state index in [-0.39, 0.29) is 12.2 Å². The van der Waals surface area contributed by atoms with Crippen LogP contribution in [0.3, 0.4) is 0 Å². The van der Waals surface area contributed by atoms with Crippen molar-refractivity contribution in [2.75, 3.05) is 39.9 Å². The van der Waals surface area contributed by atoms with Crippen LogP contribution in [0.25, 0.3) is 0 Å². The zero-order chi connectivity index (χ0) is 20.6. The molecule has 2 heterocycles. The fourth-order valence-electron chi connectivity index (χ4n) is 3.89. The number of aliphatic imine (C=N–C) groups is 1. The van der Waals surface area contributed by atoms with E-state index in [0.717, 1.165) is 58.2 Å². The number of nitrogens with zero attached hydrogens (tertiary/aromatic N) is 3. The molecule has 3 rings (SSSR count). The second-order valence-corrected chi connectivity index (χ2v) is 8.35. The van der Waals surface area contributed by atoms with E-state index in [1.54, 1.807) is 0 Å². The molecular weight excluding hydrogens is 364 g/mol. The minimum Gasteiger partial charge on any atom is -0.375 e. The maximum atomic E-state index is 6.01. The first kappa shape index (κ1) is 22.1. The van der Waals surface area contributed by atoms with Crippen LogP contribution in [0.15, 0.2) is 29.3 Å². The summed E-state index contributed by atoms with van der Waals surface area (Å²) in [6, 6.07) is 9.17.